The van der Waals surface area contributed by atoms with E-state index >= 15 is 0 Å². The average molecular weight is 242 g/mol. The molecular weight excluding hydrogens is 220 g/mol. The van der Waals surface area contributed by atoms with E-state index in [2.05, 4.69) is 10.6 Å². The Morgan fingerprint density at radius 1 is 1.35 bits per heavy atom. The molecule has 1 saturated carbocycles. The summed E-state index contributed by atoms with van der Waals surface area (Å²) in [5, 5.41) is 14.1. The van der Waals surface area contributed by atoms with Gasteiger partial charge in [-0.3, -0.25) is 0 Å². The maximum atomic E-state index is 11.5. The molecular formula is C12H22N2O3. The highest BCUT2D eigenvalue weighted by atomic mass is 16.4. The molecule has 5 nitrogen and oxygen atoms in total. The Hall–Kier alpha value is -1.26. The first kappa shape index (κ1) is 13.8. The number of urea groups is 1. The standard InChI is InChI=1S/C12H22N2O3/c1-8(2)7-10(11(15)16)14-12(17)13-6-5-9-3-4-9/h8-10H,3-7H2,1-2H3,(H,15,16)(H2,13,14,17)/t10-/m1/s1. The smallest absolute Gasteiger partial charge is 0.326 e. The number of amides is 2. The van der Waals surface area contributed by atoms with Crippen LogP contribution >= 0.6 is 0 Å². The molecule has 1 fully saturated rings. The molecule has 5 heteroatoms. The number of aliphatic carboxylic acids is 1. The zero-order chi connectivity index (χ0) is 12.8. The topological polar surface area (TPSA) is 78.4 Å². The summed E-state index contributed by atoms with van der Waals surface area (Å²) in [7, 11) is 0. The maximum Gasteiger partial charge on any atom is 0.326 e. The molecule has 0 aromatic heterocycles. The number of carboxylic acids is 1. The largest absolute Gasteiger partial charge is 0.480 e. The van der Waals surface area contributed by atoms with E-state index < -0.39 is 12.0 Å². The van der Waals surface area contributed by atoms with E-state index in [4.69, 9.17) is 5.11 Å². The van der Waals surface area contributed by atoms with E-state index in [9.17, 15) is 9.59 Å². The van der Waals surface area contributed by atoms with Crippen molar-refractivity contribution in [1.82, 2.24) is 10.6 Å². The molecule has 0 aromatic rings. The summed E-state index contributed by atoms with van der Waals surface area (Å²) < 4.78 is 0. The van der Waals surface area contributed by atoms with Gasteiger partial charge in [0.1, 0.15) is 6.04 Å². The normalized spacial score (nSPS) is 16.6. The predicted molar refractivity (Wildman–Crippen MR) is 64.8 cm³/mol. The maximum absolute atomic E-state index is 11.5. The summed E-state index contributed by atoms with van der Waals surface area (Å²) in [5.74, 6) is 0.0279. The molecule has 0 aliphatic heterocycles. The van der Waals surface area contributed by atoms with E-state index in [-0.39, 0.29) is 11.9 Å². The SMILES string of the molecule is CC(C)C[C@@H](NC(=O)NCCC1CC1)C(=O)O. The van der Waals surface area contributed by atoms with Gasteiger partial charge in [0.15, 0.2) is 0 Å². The molecule has 1 atom stereocenters. The minimum absolute atomic E-state index is 0.239. The Bertz CT molecular complexity index is 275. The minimum Gasteiger partial charge on any atom is -0.480 e. The van der Waals surface area contributed by atoms with Crippen molar-refractivity contribution >= 4 is 12.0 Å². The lowest BCUT2D eigenvalue weighted by atomic mass is 10.0. The van der Waals surface area contributed by atoms with E-state index in [1.54, 1.807) is 0 Å². The van der Waals surface area contributed by atoms with Crippen LogP contribution in [0.4, 0.5) is 4.79 Å². The second-order valence-corrected chi connectivity index (χ2v) is 5.15. The molecule has 2 amide bonds. The highest BCUT2D eigenvalue weighted by Gasteiger charge is 2.22. The molecule has 0 radical (unpaired) electrons. The molecule has 1 aliphatic carbocycles. The van der Waals surface area contributed by atoms with Gasteiger partial charge >= 0.3 is 12.0 Å². The summed E-state index contributed by atoms with van der Waals surface area (Å²) >= 11 is 0. The molecule has 98 valence electrons. The van der Waals surface area contributed by atoms with Gasteiger partial charge in [-0.15, -0.1) is 0 Å². The molecule has 1 rings (SSSR count). The Kier molecular flexibility index (Phi) is 5.25. The molecule has 0 aromatic carbocycles. The summed E-state index contributed by atoms with van der Waals surface area (Å²) in [6.07, 6.45) is 3.96. The Labute approximate surface area is 102 Å². The van der Waals surface area contributed by atoms with Crippen LogP contribution in [-0.2, 0) is 4.79 Å². The number of carbonyl (C=O) groups is 2. The summed E-state index contributed by atoms with van der Waals surface area (Å²) in [6.45, 7) is 4.50. The third-order valence-electron chi connectivity index (χ3n) is 2.85. The monoisotopic (exact) mass is 242 g/mol. The van der Waals surface area contributed by atoms with Crippen LogP contribution in [0.15, 0.2) is 0 Å². The van der Waals surface area contributed by atoms with Gasteiger partial charge in [-0.25, -0.2) is 9.59 Å². The first-order chi connectivity index (χ1) is 7.99. The van der Waals surface area contributed by atoms with Gasteiger partial charge in [0, 0.05) is 6.54 Å². The lowest BCUT2D eigenvalue weighted by Crippen LogP contribution is -2.46. The zero-order valence-corrected chi connectivity index (χ0v) is 10.5. The minimum atomic E-state index is -0.976. The second kappa shape index (κ2) is 6.47. The van der Waals surface area contributed by atoms with Crippen LogP contribution in [0.25, 0.3) is 0 Å². The van der Waals surface area contributed by atoms with Crippen LogP contribution in [0.5, 0.6) is 0 Å². The van der Waals surface area contributed by atoms with Crippen molar-refractivity contribution in [3.05, 3.63) is 0 Å². The number of rotatable bonds is 7. The highest BCUT2D eigenvalue weighted by molar-refractivity contribution is 5.82. The molecule has 0 unspecified atom stereocenters. The van der Waals surface area contributed by atoms with Gasteiger partial charge in [0.25, 0.3) is 0 Å². The van der Waals surface area contributed by atoms with Crippen molar-refractivity contribution in [2.75, 3.05) is 6.54 Å². The average Bonchev–Trinajstić information content (AvgIpc) is 2.99. The summed E-state index contributed by atoms with van der Waals surface area (Å²) in [6, 6.07) is -1.17. The zero-order valence-electron chi connectivity index (χ0n) is 10.5. The van der Waals surface area contributed by atoms with Crippen LogP contribution in [0, 0.1) is 11.8 Å². The first-order valence-corrected chi connectivity index (χ1v) is 6.26. The molecule has 0 spiro atoms. The summed E-state index contributed by atoms with van der Waals surface area (Å²) in [5.41, 5.74) is 0. The van der Waals surface area contributed by atoms with Crippen molar-refractivity contribution in [3.63, 3.8) is 0 Å². The van der Waals surface area contributed by atoms with Crippen LogP contribution in [0.2, 0.25) is 0 Å². The number of carbonyl (C=O) groups excluding carboxylic acids is 1. The quantitative estimate of drug-likeness (QED) is 0.634. The first-order valence-electron chi connectivity index (χ1n) is 6.26. The van der Waals surface area contributed by atoms with Crippen LogP contribution in [0.3, 0.4) is 0 Å². The van der Waals surface area contributed by atoms with Crippen LogP contribution in [0.1, 0.15) is 39.5 Å². The summed E-state index contributed by atoms with van der Waals surface area (Å²) in [4.78, 5) is 22.4. The molecule has 3 N–H and O–H groups in total. The number of nitrogens with one attached hydrogen (secondary N) is 2. The highest BCUT2D eigenvalue weighted by Crippen LogP contribution is 2.31. The van der Waals surface area contributed by atoms with Gasteiger partial charge < -0.3 is 15.7 Å². The molecule has 0 bridgehead atoms. The lowest BCUT2D eigenvalue weighted by molar-refractivity contribution is -0.139. The Balaban J connectivity index is 2.21. The predicted octanol–water partition coefficient (Wildman–Crippen LogP) is 1.59. The molecule has 17 heavy (non-hydrogen) atoms. The Morgan fingerprint density at radius 3 is 2.47 bits per heavy atom. The van der Waals surface area contributed by atoms with E-state index in [0.29, 0.717) is 13.0 Å². The van der Waals surface area contributed by atoms with Gasteiger partial charge in [-0.1, -0.05) is 26.7 Å². The number of hydrogen-bond acceptors (Lipinski definition) is 2. The molecule has 0 saturated heterocycles. The molecule has 0 heterocycles. The molecule has 1 aliphatic rings. The van der Waals surface area contributed by atoms with Crippen molar-refractivity contribution in [2.45, 2.75) is 45.6 Å². The van der Waals surface area contributed by atoms with Crippen molar-refractivity contribution in [1.29, 1.82) is 0 Å². The fraction of sp³-hybridized carbons (Fsp3) is 0.833. The third kappa shape index (κ3) is 6.14. The Morgan fingerprint density at radius 2 is 2.00 bits per heavy atom. The van der Waals surface area contributed by atoms with E-state index in [1.165, 1.54) is 12.8 Å². The van der Waals surface area contributed by atoms with Crippen LogP contribution in [-0.4, -0.2) is 29.7 Å². The number of hydrogen-bond donors (Lipinski definition) is 3. The second-order valence-electron chi connectivity index (χ2n) is 5.15. The number of carboxylic acid groups (broad SMARTS) is 1. The van der Waals surface area contributed by atoms with Crippen molar-refractivity contribution < 1.29 is 14.7 Å². The fourth-order valence-corrected chi connectivity index (χ4v) is 1.70. The third-order valence-corrected chi connectivity index (χ3v) is 2.85. The van der Waals surface area contributed by atoms with E-state index in [0.717, 1.165) is 12.3 Å². The van der Waals surface area contributed by atoms with Gasteiger partial charge in [-0.2, -0.15) is 0 Å². The fourth-order valence-electron chi connectivity index (χ4n) is 1.70. The van der Waals surface area contributed by atoms with Crippen molar-refractivity contribution in [3.8, 4) is 0 Å². The van der Waals surface area contributed by atoms with Gasteiger partial charge in [0.2, 0.25) is 0 Å². The van der Waals surface area contributed by atoms with Crippen LogP contribution < -0.4 is 10.6 Å². The van der Waals surface area contributed by atoms with Crippen molar-refractivity contribution in [2.24, 2.45) is 11.8 Å². The lowest BCUT2D eigenvalue weighted by Gasteiger charge is -2.16. The van der Waals surface area contributed by atoms with Gasteiger partial charge in [0.05, 0.1) is 0 Å². The van der Waals surface area contributed by atoms with E-state index in [1.807, 2.05) is 13.8 Å². The van der Waals surface area contributed by atoms with Gasteiger partial charge in [-0.05, 0) is 24.7 Å².